The summed E-state index contributed by atoms with van der Waals surface area (Å²) in [7, 11) is 0. The van der Waals surface area contributed by atoms with Gasteiger partial charge in [-0.05, 0) is 19.1 Å². The zero-order valence-corrected chi connectivity index (χ0v) is 8.79. The number of halogens is 2. The Morgan fingerprint density at radius 3 is 3.13 bits per heavy atom. The molecule has 0 N–H and O–H groups in total. The fourth-order valence-electron chi connectivity index (χ4n) is 0.903. The number of carbonyl (C=O) groups excluding carboxylic acids is 1. The van der Waals surface area contributed by atoms with Gasteiger partial charge in [-0.1, -0.05) is 11.6 Å². The number of hydrogen-bond donors (Lipinski definition) is 0. The van der Waals surface area contributed by atoms with Crippen LogP contribution in [0.1, 0.15) is 12.5 Å². The minimum atomic E-state index is -0.511. The lowest BCUT2D eigenvalue weighted by molar-refractivity contribution is -0.137. The van der Waals surface area contributed by atoms with Gasteiger partial charge in [0.2, 0.25) is 0 Å². The summed E-state index contributed by atoms with van der Waals surface area (Å²) >= 11 is 5.68. The van der Waals surface area contributed by atoms with Gasteiger partial charge in [0.15, 0.2) is 0 Å². The smallest absolute Gasteiger partial charge is 0.330 e. The second kappa shape index (κ2) is 5.46. The third-order valence-electron chi connectivity index (χ3n) is 1.52. The molecule has 0 fully saturated rings. The second-order valence-corrected chi connectivity index (χ2v) is 2.98. The van der Waals surface area contributed by atoms with Crippen LogP contribution in [0, 0.1) is 5.82 Å². The van der Waals surface area contributed by atoms with Crippen molar-refractivity contribution in [2.24, 2.45) is 0 Å². The van der Waals surface area contributed by atoms with Crippen molar-refractivity contribution in [3.63, 3.8) is 0 Å². The van der Waals surface area contributed by atoms with E-state index in [9.17, 15) is 9.18 Å². The molecule has 1 rings (SSSR count). The van der Waals surface area contributed by atoms with E-state index in [4.69, 9.17) is 11.6 Å². The molecule has 0 bridgehead atoms. The molecule has 1 aromatic rings. The van der Waals surface area contributed by atoms with Gasteiger partial charge < -0.3 is 4.74 Å². The van der Waals surface area contributed by atoms with Crippen molar-refractivity contribution in [1.82, 2.24) is 4.98 Å². The molecule has 0 aliphatic rings. The van der Waals surface area contributed by atoms with Crippen molar-refractivity contribution in [1.29, 1.82) is 0 Å². The molecule has 0 saturated carbocycles. The zero-order valence-electron chi connectivity index (χ0n) is 8.04. The van der Waals surface area contributed by atoms with Crippen LogP contribution in [0.4, 0.5) is 4.39 Å². The Bertz CT molecular complexity index is 393. The normalized spacial score (nSPS) is 10.6. The van der Waals surface area contributed by atoms with Crippen molar-refractivity contribution in [3.8, 4) is 0 Å². The third kappa shape index (κ3) is 3.67. The van der Waals surface area contributed by atoms with Gasteiger partial charge in [0.05, 0.1) is 12.8 Å². The molecule has 1 aromatic heterocycles. The number of carbonyl (C=O) groups is 1. The van der Waals surface area contributed by atoms with Crippen LogP contribution in [0.2, 0.25) is 5.15 Å². The summed E-state index contributed by atoms with van der Waals surface area (Å²) in [5, 5.41) is 0.136. The summed E-state index contributed by atoms with van der Waals surface area (Å²) in [6, 6.07) is 1.19. The van der Waals surface area contributed by atoms with Crippen molar-refractivity contribution in [2.45, 2.75) is 6.92 Å². The maximum atomic E-state index is 12.7. The molecule has 0 spiro atoms. The lowest BCUT2D eigenvalue weighted by Crippen LogP contribution is -1.98. The first-order chi connectivity index (χ1) is 7.13. The van der Waals surface area contributed by atoms with Crippen molar-refractivity contribution in [2.75, 3.05) is 6.61 Å². The summed E-state index contributed by atoms with van der Waals surface area (Å²) in [5.74, 6) is -1.01. The van der Waals surface area contributed by atoms with E-state index in [2.05, 4.69) is 9.72 Å². The number of nitrogens with zero attached hydrogens (tertiary/aromatic N) is 1. The number of rotatable bonds is 3. The molecule has 0 radical (unpaired) electrons. The first-order valence-corrected chi connectivity index (χ1v) is 4.67. The van der Waals surface area contributed by atoms with Crippen LogP contribution in [0.5, 0.6) is 0 Å². The van der Waals surface area contributed by atoms with Gasteiger partial charge in [0.25, 0.3) is 0 Å². The van der Waals surface area contributed by atoms with Crippen LogP contribution >= 0.6 is 11.6 Å². The molecule has 0 aliphatic carbocycles. The molecule has 0 amide bonds. The summed E-state index contributed by atoms with van der Waals surface area (Å²) in [6.45, 7) is 1.99. The molecule has 0 unspecified atom stereocenters. The number of hydrogen-bond acceptors (Lipinski definition) is 3. The van der Waals surface area contributed by atoms with Crippen LogP contribution in [-0.4, -0.2) is 17.6 Å². The first kappa shape index (κ1) is 11.7. The van der Waals surface area contributed by atoms with Gasteiger partial charge in [-0.25, -0.2) is 14.2 Å². The fourth-order valence-corrected chi connectivity index (χ4v) is 1.07. The van der Waals surface area contributed by atoms with Gasteiger partial charge in [0, 0.05) is 11.6 Å². The Balaban J connectivity index is 2.79. The van der Waals surface area contributed by atoms with Crippen LogP contribution in [0.25, 0.3) is 6.08 Å². The zero-order chi connectivity index (χ0) is 11.3. The first-order valence-electron chi connectivity index (χ1n) is 4.29. The van der Waals surface area contributed by atoms with Gasteiger partial charge in [-0.15, -0.1) is 0 Å². The minimum absolute atomic E-state index is 0.136. The molecule has 5 heteroatoms. The van der Waals surface area contributed by atoms with Crippen LogP contribution in [0.3, 0.4) is 0 Å². The highest BCUT2D eigenvalue weighted by molar-refractivity contribution is 6.30. The molecule has 0 aliphatic heterocycles. The van der Waals surface area contributed by atoms with E-state index in [0.29, 0.717) is 5.56 Å². The summed E-state index contributed by atoms with van der Waals surface area (Å²) in [5.41, 5.74) is 0.338. The molecule has 1 heterocycles. The predicted molar refractivity (Wildman–Crippen MR) is 54.9 cm³/mol. The van der Waals surface area contributed by atoms with Crippen LogP contribution in [-0.2, 0) is 9.53 Å². The average molecular weight is 230 g/mol. The fraction of sp³-hybridized carbons (Fsp3) is 0.200. The van der Waals surface area contributed by atoms with Crippen molar-refractivity contribution >= 4 is 23.6 Å². The lowest BCUT2D eigenvalue weighted by atomic mass is 10.2. The van der Waals surface area contributed by atoms with Gasteiger partial charge in [-0.3, -0.25) is 0 Å². The highest BCUT2D eigenvalue weighted by Gasteiger charge is 2.01. The van der Waals surface area contributed by atoms with E-state index in [1.165, 1.54) is 18.2 Å². The van der Waals surface area contributed by atoms with E-state index in [1.54, 1.807) is 6.92 Å². The van der Waals surface area contributed by atoms with Gasteiger partial charge >= 0.3 is 5.97 Å². The summed E-state index contributed by atoms with van der Waals surface area (Å²) in [4.78, 5) is 14.5. The molecular weight excluding hydrogens is 221 g/mol. The van der Waals surface area contributed by atoms with E-state index < -0.39 is 11.8 Å². The highest BCUT2D eigenvalue weighted by atomic mass is 35.5. The third-order valence-corrected chi connectivity index (χ3v) is 1.83. The Hall–Kier alpha value is -1.42. The maximum absolute atomic E-state index is 12.7. The predicted octanol–water partition coefficient (Wildman–Crippen LogP) is 2.45. The Morgan fingerprint density at radius 2 is 2.47 bits per heavy atom. The van der Waals surface area contributed by atoms with E-state index in [1.807, 2.05) is 0 Å². The molecular formula is C10H9ClFNO2. The molecule has 15 heavy (non-hydrogen) atoms. The van der Waals surface area contributed by atoms with Crippen LogP contribution < -0.4 is 0 Å². The van der Waals surface area contributed by atoms with E-state index >= 15 is 0 Å². The maximum Gasteiger partial charge on any atom is 0.330 e. The van der Waals surface area contributed by atoms with Crippen molar-refractivity contribution < 1.29 is 13.9 Å². The van der Waals surface area contributed by atoms with E-state index in [-0.39, 0.29) is 11.8 Å². The lowest BCUT2D eigenvalue weighted by Gasteiger charge is -1.97. The minimum Gasteiger partial charge on any atom is -0.463 e. The molecule has 80 valence electrons. The van der Waals surface area contributed by atoms with Gasteiger partial charge in [-0.2, -0.15) is 0 Å². The number of aromatic nitrogens is 1. The van der Waals surface area contributed by atoms with Crippen LogP contribution in [0.15, 0.2) is 18.3 Å². The molecule has 0 aromatic carbocycles. The summed E-state index contributed by atoms with van der Waals surface area (Å²) in [6.07, 6.45) is 3.53. The average Bonchev–Trinajstić information content (AvgIpc) is 2.20. The van der Waals surface area contributed by atoms with E-state index in [0.717, 1.165) is 6.20 Å². The summed E-state index contributed by atoms with van der Waals surface area (Å²) < 4.78 is 17.4. The molecule has 0 atom stereocenters. The SMILES string of the molecule is CCOC(=O)C=Cc1cc(F)cnc1Cl. The Labute approximate surface area is 91.5 Å². The van der Waals surface area contributed by atoms with Crippen molar-refractivity contribution in [3.05, 3.63) is 34.9 Å². The highest BCUT2D eigenvalue weighted by Crippen LogP contribution is 2.15. The molecule has 0 saturated heterocycles. The Kier molecular flexibility index (Phi) is 4.24. The van der Waals surface area contributed by atoms with Gasteiger partial charge in [0.1, 0.15) is 11.0 Å². The quantitative estimate of drug-likeness (QED) is 0.454. The number of esters is 1. The largest absolute Gasteiger partial charge is 0.463 e. The number of pyridine rings is 1. The topological polar surface area (TPSA) is 39.2 Å². The Morgan fingerprint density at radius 1 is 1.73 bits per heavy atom. The molecule has 3 nitrogen and oxygen atoms in total. The second-order valence-electron chi connectivity index (χ2n) is 2.62. The standard InChI is InChI=1S/C10H9ClFNO2/c1-2-15-9(14)4-3-7-5-8(12)6-13-10(7)11/h3-6H,2H2,1H3. The number of ether oxygens (including phenoxy) is 1. The monoisotopic (exact) mass is 229 g/mol.